The lowest BCUT2D eigenvalue weighted by Crippen LogP contribution is -2.40. The molecule has 1 aliphatic rings. The molecule has 3 rings (SSSR count). The van der Waals surface area contributed by atoms with Crippen molar-refractivity contribution in [3.63, 3.8) is 0 Å². The van der Waals surface area contributed by atoms with E-state index in [-0.39, 0.29) is 13.2 Å². The monoisotopic (exact) mass is 453 g/mol. The Bertz CT molecular complexity index is 1130. The van der Waals surface area contributed by atoms with Gasteiger partial charge in [0.15, 0.2) is 4.80 Å². The number of benzene rings is 1. The number of hydrogen-bond donors (Lipinski definition) is 0. The largest absolute Gasteiger partial charge is 0.465 e. The Balaban J connectivity index is 2.08. The van der Waals surface area contributed by atoms with Gasteiger partial charge in [0.25, 0.3) is 5.91 Å². The van der Waals surface area contributed by atoms with E-state index in [1.54, 1.807) is 11.5 Å². The number of carbonyl (C=O) groups excluding carboxylic acids is 2. The molecule has 0 radical (unpaired) electrons. The minimum atomic E-state index is -3.49. The lowest BCUT2D eigenvalue weighted by molar-refractivity contribution is -0.143. The van der Waals surface area contributed by atoms with Crippen molar-refractivity contribution in [1.29, 1.82) is 0 Å². The normalized spacial score (nSPS) is 18.4. The van der Waals surface area contributed by atoms with E-state index in [4.69, 9.17) is 4.74 Å². The van der Waals surface area contributed by atoms with Crippen LogP contribution in [0.1, 0.15) is 45.1 Å². The van der Waals surface area contributed by atoms with Crippen molar-refractivity contribution >= 4 is 43.5 Å². The minimum absolute atomic E-state index is 0.0680. The molecule has 0 N–H and O–H groups in total. The van der Waals surface area contributed by atoms with Gasteiger partial charge in [-0.05, 0) is 43.4 Å². The summed E-state index contributed by atoms with van der Waals surface area (Å²) in [4.78, 5) is 29.7. The molecular formula is C20H27N3O5S2. The minimum Gasteiger partial charge on any atom is -0.465 e. The first-order valence-corrected chi connectivity index (χ1v) is 12.6. The van der Waals surface area contributed by atoms with E-state index in [0.29, 0.717) is 30.1 Å². The van der Waals surface area contributed by atoms with Crippen molar-refractivity contribution in [2.24, 2.45) is 4.99 Å². The van der Waals surface area contributed by atoms with Crippen LogP contribution in [0.5, 0.6) is 0 Å². The number of esters is 1. The summed E-state index contributed by atoms with van der Waals surface area (Å²) in [5, 5.41) is 0. The average Bonchev–Trinajstić information content (AvgIpc) is 3.27. The molecule has 1 aliphatic heterocycles. The Kier molecular flexibility index (Phi) is 6.78. The first-order valence-electron chi connectivity index (χ1n) is 9.96. The van der Waals surface area contributed by atoms with Gasteiger partial charge in [0.2, 0.25) is 10.0 Å². The fourth-order valence-electron chi connectivity index (χ4n) is 3.58. The summed E-state index contributed by atoms with van der Waals surface area (Å²) in [5.41, 5.74) is 1.93. The first-order chi connectivity index (χ1) is 14.1. The topological polar surface area (TPSA) is 98.0 Å². The van der Waals surface area contributed by atoms with E-state index in [2.05, 4.69) is 18.8 Å². The number of aromatic nitrogens is 1. The third-order valence-corrected chi connectivity index (χ3v) is 7.42. The highest BCUT2D eigenvalue weighted by molar-refractivity contribution is 7.88. The fraction of sp³-hybridized carbons (Fsp3) is 0.550. The molecule has 164 valence electrons. The Morgan fingerprint density at radius 2 is 2.07 bits per heavy atom. The lowest BCUT2D eigenvalue weighted by Gasteiger charge is -2.18. The van der Waals surface area contributed by atoms with E-state index in [0.717, 1.165) is 22.0 Å². The molecule has 10 heteroatoms. The number of carbonyl (C=O) groups is 2. The zero-order valence-corrected chi connectivity index (χ0v) is 19.3. The predicted molar refractivity (Wildman–Crippen MR) is 116 cm³/mol. The van der Waals surface area contributed by atoms with Crippen LogP contribution in [-0.4, -0.2) is 54.6 Å². The number of sulfonamides is 1. The van der Waals surface area contributed by atoms with Crippen LogP contribution in [0.2, 0.25) is 0 Å². The third kappa shape index (κ3) is 4.81. The molecule has 8 nitrogen and oxygen atoms in total. The molecule has 1 fully saturated rings. The third-order valence-electron chi connectivity index (χ3n) is 5.09. The Morgan fingerprint density at radius 3 is 2.70 bits per heavy atom. The van der Waals surface area contributed by atoms with Crippen LogP contribution in [-0.2, 0) is 30.9 Å². The molecule has 1 atom stereocenters. The summed E-state index contributed by atoms with van der Waals surface area (Å²) in [6, 6.07) is 5.15. The van der Waals surface area contributed by atoms with Crippen LogP contribution in [0.25, 0.3) is 10.2 Å². The number of nitrogens with zero attached hydrogens (tertiary/aromatic N) is 3. The predicted octanol–water partition coefficient (Wildman–Crippen LogP) is 2.24. The summed E-state index contributed by atoms with van der Waals surface area (Å²) in [5.74, 6) is -0.595. The number of thiazole rings is 1. The zero-order valence-electron chi connectivity index (χ0n) is 17.6. The molecule has 0 bridgehead atoms. The fourth-order valence-corrected chi connectivity index (χ4v) is 5.78. The molecule has 1 aromatic heterocycles. The summed E-state index contributed by atoms with van der Waals surface area (Å²) in [7, 11) is -3.49. The van der Waals surface area contributed by atoms with Crippen LogP contribution in [0.4, 0.5) is 0 Å². The van der Waals surface area contributed by atoms with E-state index >= 15 is 0 Å². The number of ether oxygens (including phenoxy) is 1. The zero-order chi connectivity index (χ0) is 22.1. The Labute approximate surface area is 180 Å². The van der Waals surface area contributed by atoms with Crippen molar-refractivity contribution in [3.8, 4) is 0 Å². The summed E-state index contributed by atoms with van der Waals surface area (Å²) < 4.78 is 32.8. The number of amides is 1. The van der Waals surface area contributed by atoms with Gasteiger partial charge in [-0.25, -0.2) is 8.42 Å². The van der Waals surface area contributed by atoms with Gasteiger partial charge in [0.1, 0.15) is 12.6 Å². The maximum Gasteiger partial charge on any atom is 0.326 e. The SMILES string of the molecule is CCOC(=O)Cn1c(=NC(=O)C2CCCN2S(C)(=O)=O)sc2cc(C(C)C)ccc21. The molecule has 0 aliphatic carbocycles. The van der Waals surface area contributed by atoms with E-state index in [9.17, 15) is 18.0 Å². The molecule has 2 aromatic rings. The first kappa shape index (κ1) is 22.6. The molecule has 30 heavy (non-hydrogen) atoms. The second kappa shape index (κ2) is 8.99. The van der Waals surface area contributed by atoms with Crippen LogP contribution >= 0.6 is 11.3 Å². The molecule has 1 aromatic carbocycles. The van der Waals surface area contributed by atoms with E-state index < -0.39 is 27.9 Å². The van der Waals surface area contributed by atoms with E-state index in [1.165, 1.54) is 15.6 Å². The molecule has 1 unspecified atom stereocenters. The lowest BCUT2D eigenvalue weighted by atomic mass is 10.0. The Hall–Kier alpha value is -2.04. The highest BCUT2D eigenvalue weighted by Gasteiger charge is 2.36. The second-order valence-corrected chi connectivity index (χ2v) is 10.6. The number of hydrogen-bond acceptors (Lipinski definition) is 6. The maximum atomic E-state index is 12.9. The van der Waals surface area contributed by atoms with Gasteiger partial charge >= 0.3 is 5.97 Å². The summed E-state index contributed by atoms with van der Waals surface area (Å²) in [6.45, 7) is 6.43. The van der Waals surface area contributed by atoms with Crippen LogP contribution in [0.15, 0.2) is 23.2 Å². The van der Waals surface area contributed by atoms with Crippen molar-refractivity contribution in [3.05, 3.63) is 28.6 Å². The van der Waals surface area contributed by atoms with Crippen LogP contribution in [0.3, 0.4) is 0 Å². The standard InChI is InChI=1S/C20H27N3O5S2/c1-5-28-18(24)12-22-15-9-8-14(13(2)3)11-17(15)29-20(22)21-19(25)16-7-6-10-23(16)30(4,26)27/h8-9,11,13,16H,5-7,10,12H2,1-4H3. The smallest absolute Gasteiger partial charge is 0.326 e. The van der Waals surface area contributed by atoms with Gasteiger partial charge in [-0.2, -0.15) is 9.30 Å². The van der Waals surface area contributed by atoms with Gasteiger partial charge in [0, 0.05) is 6.54 Å². The van der Waals surface area contributed by atoms with E-state index in [1.807, 2.05) is 18.2 Å². The van der Waals surface area contributed by atoms with Crippen LogP contribution < -0.4 is 4.80 Å². The molecule has 2 heterocycles. The molecule has 0 saturated carbocycles. The highest BCUT2D eigenvalue weighted by Crippen LogP contribution is 2.25. The highest BCUT2D eigenvalue weighted by atomic mass is 32.2. The quantitative estimate of drug-likeness (QED) is 0.625. The van der Waals surface area contributed by atoms with Gasteiger partial charge < -0.3 is 9.30 Å². The number of fused-ring (bicyclic) bond motifs is 1. The van der Waals surface area contributed by atoms with Crippen molar-refractivity contribution in [2.75, 3.05) is 19.4 Å². The molecule has 0 spiro atoms. The summed E-state index contributed by atoms with van der Waals surface area (Å²) >= 11 is 1.31. The average molecular weight is 454 g/mol. The molecule has 1 saturated heterocycles. The van der Waals surface area contributed by atoms with Crippen LogP contribution in [0, 0.1) is 0 Å². The van der Waals surface area contributed by atoms with Crippen molar-refractivity contribution < 1.29 is 22.7 Å². The van der Waals surface area contributed by atoms with Gasteiger partial charge in [-0.15, -0.1) is 0 Å². The van der Waals surface area contributed by atoms with Gasteiger partial charge in [-0.1, -0.05) is 31.3 Å². The second-order valence-electron chi connectivity index (χ2n) is 7.64. The number of rotatable bonds is 6. The molecule has 1 amide bonds. The Morgan fingerprint density at radius 1 is 1.33 bits per heavy atom. The van der Waals surface area contributed by atoms with Gasteiger partial charge in [-0.3, -0.25) is 9.59 Å². The maximum absolute atomic E-state index is 12.9. The molecular weight excluding hydrogens is 426 g/mol. The van der Waals surface area contributed by atoms with Crippen molar-refractivity contribution in [2.45, 2.75) is 52.1 Å². The van der Waals surface area contributed by atoms with Gasteiger partial charge in [0.05, 0.1) is 23.1 Å². The van der Waals surface area contributed by atoms with Crippen molar-refractivity contribution in [1.82, 2.24) is 8.87 Å². The summed E-state index contributed by atoms with van der Waals surface area (Å²) in [6.07, 6.45) is 2.16.